The quantitative estimate of drug-likeness (QED) is 0.862. The van der Waals surface area contributed by atoms with E-state index in [0.29, 0.717) is 18.0 Å². The molecule has 2 heterocycles. The minimum Gasteiger partial charge on any atom is -0.360 e. The molecule has 1 aromatic carbocycles. The van der Waals surface area contributed by atoms with Gasteiger partial charge in [-0.05, 0) is 54.3 Å². The molecule has 4 rings (SSSR count). The van der Waals surface area contributed by atoms with Crippen molar-refractivity contribution >= 4 is 5.69 Å². The Kier molecular flexibility index (Phi) is 5.67. The zero-order valence-electron chi connectivity index (χ0n) is 17.9. The fourth-order valence-electron chi connectivity index (χ4n) is 5.19. The number of quaternary nitrogens is 1. The maximum Gasteiger partial charge on any atom is 0.209 e. The molecule has 0 amide bonds. The van der Waals surface area contributed by atoms with Crippen molar-refractivity contribution in [2.75, 3.05) is 31.1 Å². The Hall–Kier alpha value is -1.95. The molecule has 0 bridgehead atoms. The smallest absolute Gasteiger partial charge is 0.209 e. The first-order chi connectivity index (χ1) is 13.6. The second-order valence-corrected chi connectivity index (χ2v) is 9.01. The van der Waals surface area contributed by atoms with Gasteiger partial charge in [-0.2, -0.15) is 0 Å². The minimum atomic E-state index is 0.372. The zero-order valence-corrected chi connectivity index (χ0v) is 17.9. The van der Waals surface area contributed by atoms with Crippen LogP contribution in [0.3, 0.4) is 0 Å². The molecule has 0 spiro atoms. The predicted molar refractivity (Wildman–Crippen MR) is 112 cm³/mol. The summed E-state index contributed by atoms with van der Waals surface area (Å²) in [6.07, 6.45) is 5.05. The average Bonchev–Trinajstić information content (AvgIpc) is 3.36. The number of benzene rings is 1. The fourth-order valence-corrected chi connectivity index (χ4v) is 5.19. The molecule has 2 fully saturated rings. The predicted octanol–water partition coefficient (Wildman–Crippen LogP) is 2.51. The monoisotopic (exact) mass is 383 g/mol. The molecule has 1 aromatic heterocycles. The molecular formula is C22H35N6+. The molecule has 6 heteroatoms. The van der Waals surface area contributed by atoms with E-state index in [-0.39, 0.29) is 0 Å². The standard InChI is InChI=1S/C22H34N6/c1-16(2)21(22-23-24-25-28(22)19-9-5-6-10-19)27-14-12-26(13-15-27)20-11-7-8-17(3)18(20)4/h7-8,11,16,19,21H,5-6,9-10,12-15H2,1-4H3/p+1/t21-/m0/s1. The van der Waals surface area contributed by atoms with Crippen molar-refractivity contribution in [1.29, 1.82) is 0 Å². The molecule has 1 atom stereocenters. The van der Waals surface area contributed by atoms with E-state index in [2.05, 4.69) is 71.0 Å². The number of tetrazole rings is 1. The van der Waals surface area contributed by atoms with Crippen LogP contribution in [0.15, 0.2) is 18.2 Å². The maximum absolute atomic E-state index is 4.53. The highest BCUT2D eigenvalue weighted by atomic mass is 15.6. The Morgan fingerprint density at radius 1 is 1.07 bits per heavy atom. The van der Waals surface area contributed by atoms with Gasteiger partial charge < -0.3 is 9.80 Å². The molecular weight excluding hydrogens is 348 g/mol. The highest BCUT2D eigenvalue weighted by molar-refractivity contribution is 5.56. The van der Waals surface area contributed by atoms with E-state index in [1.165, 1.54) is 42.5 Å². The van der Waals surface area contributed by atoms with Gasteiger partial charge in [0.15, 0.2) is 6.04 Å². The van der Waals surface area contributed by atoms with Gasteiger partial charge in [0.25, 0.3) is 0 Å². The third-order valence-electron chi connectivity index (χ3n) is 6.90. The number of hydrogen-bond donors (Lipinski definition) is 1. The Balaban J connectivity index is 1.50. The lowest BCUT2D eigenvalue weighted by Crippen LogP contribution is -3.15. The fraction of sp³-hybridized carbons (Fsp3) is 0.682. The topological polar surface area (TPSA) is 51.3 Å². The van der Waals surface area contributed by atoms with Crippen LogP contribution in [0.5, 0.6) is 0 Å². The third kappa shape index (κ3) is 3.66. The Bertz CT molecular complexity index is 784. The van der Waals surface area contributed by atoms with Gasteiger partial charge in [-0.1, -0.05) is 38.8 Å². The van der Waals surface area contributed by atoms with Crippen LogP contribution in [0, 0.1) is 19.8 Å². The zero-order chi connectivity index (χ0) is 19.7. The van der Waals surface area contributed by atoms with Crippen molar-refractivity contribution in [3.8, 4) is 0 Å². The summed E-state index contributed by atoms with van der Waals surface area (Å²) in [5, 5.41) is 13.0. The van der Waals surface area contributed by atoms with Crippen molar-refractivity contribution in [1.82, 2.24) is 20.2 Å². The lowest BCUT2D eigenvalue weighted by atomic mass is 9.99. The van der Waals surface area contributed by atoms with E-state index in [0.717, 1.165) is 32.0 Å². The van der Waals surface area contributed by atoms with Crippen LogP contribution in [-0.4, -0.2) is 46.4 Å². The number of aryl methyl sites for hydroxylation is 1. The van der Waals surface area contributed by atoms with Gasteiger partial charge in [0.1, 0.15) is 0 Å². The van der Waals surface area contributed by atoms with Crippen LogP contribution in [0.25, 0.3) is 0 Å². The summed E-state index contributed by atoms with van der Waals surface area (Å²) in [5.74, 6) is 1.63. The molecule has 1 aliphatic heterocycles. The second kappa shape index (κ2) is 8.19. The lowest BCUT2D eigenvalue weighted by Gasteiger charge is -2.39. The van der Waals surface area contributed by atoms with Crippen molar-refractivity contribution in [2.24, 2.45) is 5.92 Å². The van der Waals surface area contributed by atoms with E-state index in [4.69, 9.17) is 0 Å². The molecule has 0 unspecified atom stereocenters. The molecule has 2 aromatic rings. The molecule has 6 nitrogen and oxygen atoms in total. The van der Waals surface area contributed by atoms with Gasteiger partial charge in [0.2, 0.25) is 5.82 Å². The van der Waals surface area contributed by atoms with Gasteiger partial charge >= 0.3 is 0 Å². The van der Waals surface area contributed by atoms with Crippen molar-refractivity contribution < 1.29 is 4.90 Å². The number of anilines is 1. The Labute approximate surface area is 168 Å². The normalized spacial score (nSPS) is 20.2. The number of nitrogens with zero attached hydrogens (tertiary/aromatic N) is 5. The summed E-state index contributed by atoms with van der Waals surface area (Å²) in [7, 11) is 0. The van der Waals surface area contributed by atoms with E-state index in [1.807, 2.05) is 0 Å². The van der Waals surface area contributed by atoms with Gasteiger partial charge in [-0.3, -0.25) is 0 Å². The summed E-state index contributed by atoms with van der Waals surface area (Å²) in [5.41, 5.74) is 4.19. The Morgan fingerprint density at radius 2 is 1.79 bits per heavy atom. The van der Waals surface area contributed by atoms with E-state index >= 15 is 0 Å². The third-order valence-corrected chi connectivity index (χ3v) is 6.90. The highest BCUT2D eigenvalue weighted by Gasteiger charge is 2.36. The molecule has 1 aliphatic carbocycles. The molecule has 28 heavy (non-hydrogen) atoms. The summed E-state index contributed by atoms with van der Waals surface area (Å²) < 4.78 is 2.17. The van der Waals surface area contributed by atoms with Crippen molar-refractivity contribution in [3.05, 3.63) is 35.2 Å². The maximum atomic E-state index is 4.53. The van der Waals surface area contributed by atoms with Gasteiger partial charge in [-0.15, -0.1) is 5.10 Å². The first kappa shape index (κ1) is 19.4. The van der Waals surface area contributed by atoms with Gasteiger partial charge in [0, 0.05) is 11.6 Å². The van der Waals surface area contributed by atoms with Crippen molar-refractivity contribution in [3.63, 3.8) is 0 Å². The number of hydrogen-bond acceptors (Lipinski definition) is 4. The van der Waals surface area contributed by atoms with Gasteiger partial charge in [0.05, 0.1) is 32.2 Å². The van der Waals surface area contributed by atoms with Crippen LogP contribution in [0.1, 0.15) is 68.6 Å². The van der Waals surface area contributed by atoms with E-state index < -0.39 is 0 Å². The number of aromatic nitrogens is 4. The Morgan fingerprint density at radius 3 is 2.46 bits per heavy atom. The molecule has 1 N–H and O–H groups in total. The largest absolute Gasteiger partial charge is 0.360 e. The highest BCUT2D eigenvalue weighted by Crippen LogP contribution is 2.31. The molecule has 2 aliphatic rings. The van der Waals surface area contributed by atoms with E-state index in [1.54, 1.807) is 4.90 Å². The van der Waals surface area contributed by atoms with E-state index in [9.17, 15) is 0 Å². The SMILES string of the molecule is Cc1cccc(N2CC[NH+]([C@H](c3nnnn3C3CCCC3)C(C)C)CC2)c1C. The molecule has 1 saturated carbocycles. The first-order valence-electron chi connectivity index (χ1n) is 11.0. The number of nitrogens with one attached hydrogen (secondary N) is 1. The number of piperazine rings is 1. The minimum absolute atomic E-state index is 0.372. The molecule has 1 saturated heterocycles. The van der Waals surface area contributed by atoms with Crippen LogP contribution < -0.4 is 9.80 Å². The summed E-state index contributed by atoms with van der Waals surface area (Å²) in [6.45, 7) is 13.5. The summed E-state index contributed by atoms with van der Waals surface area (Å²) >= 11 is 0. The van der Waals surface area contributed by atoms with Gasteiger partial charge in [-0.25, -0.2) is 4.68 Å². The van der Waals surface area contributed by atoms with Crippen molar-refractivity contribution in [2.45, 2.75) is 65.5 Å². The summed E-state index contributed by atoms with van der Waals surface area (Å²) in [4.78, 5) is 4.19. The average molecular weight is 384 g/mol. The number of rotatable bonds is 5. The molecule has 152 valence electrons. The van der Waals surface area contributed by atoms with Crippen LogP contribution in [-0.2, 0) is 0 Å². The second-order valence-electron chi connectivity index (χ2n) is 9.01. The van der Waals surface area contributed by atoms with Crippen LogP contribution >= 0.6 is 0 Å². The first-order valence-corrected chi connectivity index (χ1v) is 11.0. The van der Waals surface area contributed by atoms with Crippen LogP contribution in [0.2, 0.25) is 0 Å². The molecule has 0 radical (unpaired) electrons. The summed E-state index contributed by atoms with van der Waals surface area (Å²) in [6, 6.07) is 7.54. The lowest BCUT2D eigenvalue weighted by molar-refractivity contribution is -0.937. The van der Waals surface area contributed by atoms with Crippen LogP contribution in [0.4, 0.5) is 5.69 Å².